The molecule has 0 saturated carbocycles. The molecule has 0 aliphatic carbocycles. The summed E-state index contributed by atoms with van der Waals surface area (Å²) in [4.78, 5) is 17.0. The van der Waals surface area contributed by atoms with Gasteiger partial charge in [-0.05, 0) is 37.0 Å². The Bertz CT molecular complexity index is 681. The van der Waals surface area contributed by atoms with Gasteiger partial charge in [0.1, 0.15) is 0 Å². The quantitative estimate of drug-likeness (QED) is 0.841. The van der Waals surface area contributed by atoms with Gasteiger partial charge in [0.25, 0.3) is 0 Å². The molecule has 24 heavy (non-hydrogen) atoms. The minimum atomic E-state index is 0.231. The van der Waals surface area contributed by atoms with Crippen molar-refractivity contribution in [3.63, 3.8) is 0 Å². The zero-order valence-corrected chi connectivity index (χ0v) is 14.6. The average molecular weight is 322 g/mol. The molecule has 0 bridgehead atoms. The highest BCUT2D eigenvalue weighted by atomic mass is 16.2. The fourth-order valence-corrected chi connectivity index (χ4v) is 3.22. The van der Waals surface area contributed by atoms with E-state index in [0.717, 1.165) is 26.1 Å². The Morgan fingerprint density at radius 1 is 1.04 bits per heavy atom. The summed E-state index contributed by atoms with van der Waals surface area (Å²) >= 11 is 0. The first kappa shape index (κ1) is 16.7. The zero-order valence-electron chi connectivity index (χ0n) is 14.6. The summed E-state index contributed by atoms with van der Waals surface area (Å²) in [5, 5.41) is 0. The van der Waals surface area contributed by atoms with Gasteiger partial charge in [0.2, 0.25) is 5.91 Å². The van der Waals surface area contributed by atoms with Crippen LogP contribution in [0.2, 0.25) is 0 Å². The van der Waals surface area contributed by atoms with Crippen LogP contribution in [-0.4, -0.2) is 34.8 Å². The number of amides is 1. The molecule has 3 heteroatoms. The molecule has 3 rings (SSSR count). The highest BCUT2D eigenvalue weighted by molar-refractivity contribution is 5.78. The van der Waals surface area contributed by atoms with E-state index in [0.29, 0.717) is 12.6 Å². The van der Waals surface area contributed by atoms with Crippen molar-refractivity contribution in [2.45, 2.75) is 39.4 Å². The Morgan fingerprint density at radius 3 is 2.42 bits per heavy atom. The minimum Gasteiger partial charge on any atom is -0.337 e. The first-order chi connectivity index (χ1) is 11.6. The third-order valence-corrected chi connectivity index (χ3v) is 4.78. The minimum absolute atomic E-state index is 0.231. The van der Waals surface area contributed by atoms with Crippen LogP contribution in [-0.2, 0) is 24.3 Å². The molecule has 0 N–H and O–H groups in total. The first-order valence-corrected chi connectivity index (χ1v) is 8.76. The third-order valence-electron chi connectivity index (χ3n) is 4.78. The van der Waals surface area contributed by atoms with E-state index >= 15 is 0 Å². The number of benzene rings is 2. The Morgan fingerprint density at radius 2 is 1.71 bits per heavy atom. The molecular weight excluding hydrogens is 296 g/mol. The van der Waals surface area contributed by atoms with Gasteiger partial charge in [0.15, 0.2) is 0 Å². The maximum atomic E-state index is 12.8. The van der Waals surface area contributed by atoms with Crippen molar-refractivity contribution < 1.29 is 4.79 Å². The van der Waals surface area contributed by atoms with Crippen LogP contribution in [0.5, 0.6) is 0 Å². The standard InChI is InChI=1S/C21H26N2O/c1-17(2)23(14-18-8-4-3-5-9-18)16-21(24)22-13-12-19-10-6-7-11-20(19)15-22/h3-11,17H,12-16H2,1-2H3. The maximum absolute atomic E-state index is 12.8. The van der Waals surface area contributed by atoms with E-state index in [2.05, 4.69) is 67.3 Å². The summed E-state index contributed by atoms with van der Waals surface area (Å²) in [7, 11) is 0. The van der Waals surface area contributed by atoms with Crippen LogP contribution in [0.15, 0.2) is 54.6 Å². The van der Waals surface area contributed by atoms with Crippen molar-refractivity contribution in [1.82, 2.24) is 9.80 Å². The number of hydrogen-bond acceptors (Lipinski definition) is 2. The normalized spacial score (nSPS) is 14.1. The van der Waals surface area contributed by atoms with E-state index in [9.17, 15) is 4.79 Å². The number of fused-ring (bicyclic) bond motifs is 1. The van der Waals surface area contributed by atoms with Crippen LogP contribution in [0.3, 0.4) is 0 Å². The molecule has 2 aromatic rings. The molecule has 0 aromatic heterocycles. The molecule has 0 fully saturated rings. The Labute approximate surface area is 144 Å². The monoisotopic (exact) mass is 322 g/mol. The molecule has 1 heterocycles. The third kappa shape index (κ3) is 4.04. The maximum Gasteiger partial charge on any atom is 0.237 e. The molecule has 126 valence electrons. The highest BCUT2D eigenvalue weighted by Gasteiger charge is 2.23. The van der Waals surface area contributed by atoms with Crippen LogP contribution in [0.25, 0.3) is 0 Å². The van der Waals surface area contributed by atoms with Gasteiger partial charge in [-0.25, -0.2) is 0 Å². The molecule has 0 saturated heterocycles. The molecule has 1 amide bonds. The lowest BCUT2D eigenvalue weighted by molar-refractivity contribution is -0.134. The van der Waals surface area contributed by atoms with Crippen LogP contribution in [0, 0.1) is 0 Å². The summed E-state index contributed by atoms with van der Waals surface area (Å²) in [6.07, 6.45) is 0.961. The van der Waals surface area contributed by atoms with Crippen LogP contribution >= 0.6 is 0 Å². The molecule has 3 nitrogen and oxygen atoms in total. The lowest BCUT2D eigenvalue weighted by atomic mass is 10.00. The van der Waals surface area contributed by atoms with Crippen LogP contribution in [0.4, 0.5) is 0 Å². The molecule has 0 atom stereocenters. The lowest BCUT2D eigenvalue weighted by Crippen LogP contribution is -2.44. The molecule has 0 spiro atoms. The zero-order chi connectivity index (χ0) is 16.9. The van der Waals surface area contributed by atoms with Gasteiger partial charge in [0, 0.05) is 25.7 Å². The van der Waals surface area contributed by atoms with Crippen LogP contribution in [0.1, 0.15) is 30.5 Å². The van der Waals surface area contributed by atoms with E-state index in [4.69, 9.17) is 0 Å². The Hall–Kier alpha value is -2.13. The van der Waals surface area contributed by atoms with Crippen molar-refractivity contribution in [1.29, 1.82) is 0 Å². The Kier molecular flexibility index (Phi) is 5.31. The number of carbonyl (C=O) groups excluding carboxylic acids is 1. The largest absolute Gasteiger partial charge is 0.337 e. The van der Waals surface area contributed by atoms with Gasteiger partial charge < -0.3 is 4.90 Å². The van der Waals surface area contributed by atoms with Gasteiger partial charge in [-0.2, -0.15) is 0 Å². The van der Waals surface area contributed by atoms with Crippen molar-refractivity contribution >= 4 is 5.91 Å². The van der Waals surface area contributed by atoms with E-state index in [-0.39, 0.29) is 5.91 Å². The molecule has 0 unspecified atom stereocenters. The van der Waals surface area contributed by atoms with E-state index in [1.165, 1.54) is 16.7 Å². The van der Waals surface area contributed by atoms with Gasteiger partial charge in [-0.3, -0.25) is 9.69 Å². The second-order valence-corrected chi connectivity index (χ2v) is 6.82. The fourth-order valence-electron chi connectivity index (χ4n) is 3.22. The van der Waals surface area contributed by atoms with Gasteiger partial charge in [-0.1, -0.05) is 54.6 Å². The highest BCUT2D eigenvalue weighted by Crippen LogP contribution is 2.19. The topological polar surface area (TPSA) is 23.6 Å². The number of carbonyl (C=O) groups is 1. The van der Waals surface area contributed by atoms with E-state index < -0.39 is 0 Å². The predicted octanol–water partition coefficient (Wildman–Crippen LogP) is 3.48. The molecule has 0 radical (unpaired) electrons. The van der Waals surface area contributed by atoms with Crippen molar-refractivity contribution in [2.75, 3.05) is 13.1 Å². The summed E-state index contributed by atoms with van der Waals surface area (Å²) in [6, 6.07) is 19.2. The molecule has 1 aliphatic rings. The number of nitrogens with zero attached hydrogens (tertiary/aromatic N) is 2. The fraction of sp³-hybridized carbons (Fsp3) is 0.381. The summed E-state index contributed by atoms with van der Waals surface area (Å²) in [5.74, 6) is 0.231. The SMILES string of the molecule is CC(C)N(CC(=O)N1CCc2ccccc2C1)Cc1ccccc1. The van der Waals surface area contributed by atoms with Crippen LogP contribution < -0.4 is 0 Å². The van der Waals surface area contributed by atoms with Crippen molar-refractivity contribution in [2.24, 2.45) is 0 Å². The lowest BCUT2D eigenvalue weighted by Gasteiger charge is -2.32. The summed E-state index contributed by atoms with van der Waals surface area (Å²) < 4.78 is 0. The molecular formula is C21H26N2O. The Balaban J connectivity index is 1.64. The second-order valence-electron chi connectivity index (χ2n) is 6.82. The van der Waals surface area contributed by atoms with Gasteiger partial charge in [-0.15, -0.1) is 0 Å². The average Bonchev–Trinajstić information content (AvgIpc) is 2.61. The number of rotatable bonds is 5. The molecule has 1 aliphatic heterocycles. The predicted molar refractivity (Wildman–Crippen MR) is 97.6 cm³/mol. The van der Waals surface area contributed by atoms with Gasteiger partial charge >= 0.3 is 0 Å². The summed E-state index contributed by atoms with van der Waals surface area (Å²) in [6.45, 7) is 7.17. The smallest absolute Gasteiger partial charge is 0.237 e. The first-order valence-electron chi connectivity index (χ1n) is 8.76. The second kappa shape index (κ2) is 7.63. The summed E-state index contributed by atoms with van der Waals surface area (Å²) in [5.41, 5.74) is 3.92. The van der Waals surface area contributed by atoms with E-state index in [1.54, 1.807) is 0 Å². The van der Waals surface area contributed by atoms with Crippen molar-refractivity contribution in [3.8, 4) is 0 Å². The number of hydrogen-bond donors (Lipinski definition) is 0. The molecule has 2 aromatic carbocycles. The van der Waals surface area contributed by atoms with E-state index in [1.807, 2.05) is 11.0 Å². The van der Waals surface area contributed by atoms with Gasteiger partial charge in [0.05, 0.1) is 6.54 Å². The van der Waals surface area contributed by atoms with Crippen molar-refractivity contribution in [3.05, 3.63) is 71.3 Å².